The maximum absolute atomic E-state index is 14.7. The van der Waals surface area contributed by atoms with Crippen molar-refractivity contribution in [2.45, 2.75) is 12.8 Å². The van der Waals surface area contributed by atoms with E-state index >= 15 is 0 Å². The number of H-pyrrole nitrogens is 1. The van der Waals surface area contributed by atoms with Crippen LogP contribution in [0.5, 0.6) is 0 Å². The standard InChI is InChI=1S/C20H14ClF2N3O2/c21-20-24-14-4-3-11-15(27)9-16(28-19(11)17(14)25-20)10-7-12(22)18(13(23)8-10)26-5-1-2-6-26/h3-4,7-9H,1-2,5-6H2,(H,24,25). The van der Waals surface area contributed by atoms with Crippen molar-refractivity contribution in [1.82, 2.24) is 9.97 Å². The maximum Gasteiger partial charge on any atom is 0.201 e. The van der Waals surface area contributed by atoms with Crippen molar-refractivity contribution in [2.75, 3.05) is 18.0 Å². The van der Waals surface area contributed by atoms with E-state index in [-0.39, 0.29) is 33.3 Å². The summed E-state index contributed by atoms with van der Waals surface area (Å²) in [5, 5.41) is 0.469. The second-order valence-electron chi connectivity index (χ2n) is 6.82. The van der Waals surface area contributed by atoms with Gasteiger partial charge in [0.1, 0.15) is 28.6 Å². The van der Waals surface area contributed by atoms with Crippen LogP contribution in [0, 0.1) is 11.6 Å². The predicted molar refractivity (Wildman–Crippen MR) is 104 cm³/mol. The second-order valence-corrected chi connectivity index (χ2v) is 7.18. The molecule has 1 saturated heterocycles. The molecule has 0 spiro atoms. The van der Waals surface area contributed by atoms with Gasteiger partial charge in [-0.1, -0.05) is 0 Å². The number of benzene rings is 2. The molecule has 2 aromatic heterocycles. The molecule has 1 N–H and O–H groups in total. The fraction of sp³-hybridized carbons (Fsp3) is 0.200. The molecule has 4 aromatic rings. The van der Waals surface area contributed by atoms with Gasteiger partial charge in [0.15, 0.2) is 11.0 Å². The summed E-state index contributed by atoms with van der Waals surface area (Å²) >= 11 is 5.91. The van der Waals surface area contributed by atoms with E-state index in [2.05, 4.69) is 9.97 Å². The minimum atomic E-state index is -0.680. The molecule has 0 radical (unpaired) electrons. The number of nitrogens with one attached hydrogen (secondary N) is 1. The fourth-order valence-corrected chi connectivity index (χ4v) is 3.93. The molecule has 5 rings (SSSR count). The van der Waals surface area contributed by atoms with Gasteiger partial charge in [-0.2, -0.15) is 0 Å². The average Bonchev–Trinajstić information content (AvgIpc) is 3.30. The highest BCUT2D eigenvalue weighted by Gasteiger charge is 2.22. The Balaban J connectivity index is 1.70. The monoisotopic (exact) mass is 401 g/mol. The number of imidazole rings is 1. The highest BCUT2D eigenvalue weighted by molar-refractivity contribution is 6.29. The molecule has 0 amide bonds. The van der Waals surface area contributed by atoms with Crippen molar-refractivity contribution in [3.05, 3.63) is 57.5 Å². The summed E-state index contributed by atoms with van der Waals surface area (Å²) in [6.45, 7) is 1.24. The third-order valence-corrected chi connectivity index (χ3v) is 5.22. The van der Waals surface area contributed by atoms with Crippen LogP contribution in [0.2, 0.25) is 5.28 Å². The van der Waals surface area contributed by atoms with Gasteiger partial charge in [0.05, 0.1) is 10.9 Å². The lowest BCUT2D eigenvalue weighted by molar-refractivity contribution is 0.574. The lowest BCUT2D eigenvalue weighted by atomic mass is 10.1. The maximum atomic E-state index is 14.7. The summed E-state index contributed by atoms with van der Waals surface area (Å²) in [5.74, 6) is -1.30. The second kappa shape index (κ2) is 6.31. The summed E-state index contributed by atoms with van der Waals surface area (Å²) in [6, 6.07) is 6.89. The molecule has 1 fully saturated rings. The Hall–Kier alpha value is -2.93. The largest absolute Gasteiger partial charge is 0.453 e. The summed E-state index contributed by atoms with van der Waals surface area (Å²) in [5.41, 5.74) is 0.978. The van der Waals surface area contributed by atoms with Crippen LogP contribution in [-0.4, -0.2) is 23.1 Å². The van der Waals surface area contributed by atoms with Crippen LogP contribution in [0.25, 0.3) is 33.3 Å². The smallest absolute Gasteiger partial charge is 0.201 e. The van der Waals surface area contributed by atoms with Crippen LogP contribution in [0.4, 0.5) is 14.5 Å². The highest BCUT2D eigenvalue weighted by Crippen LogP contribution is 2.33. The van der Waals surface area contributed by atoms with Gasteiger partial charge >= 0.3 is 0 Å². The van der Waals surface area contributed by atoms with Gasteiger partial charge in [0.25, 0.3) is 0 Å². The number of anilines is 1. The molecule has 5 nitrogen and oxygen atoms in total. The number of nitrogens with zero attached hydrogens (tertiary/aromatic N) is 2. The Morgan fingerprint density at radius 3 is 2.54 bits per heavy atom. The van der Waals surface area contributed by atoms with Crippen molar-refractivity contribution >= 4 is 39.3 Å². The fourth-order valence-electron chi connectivity index (χ4n) is 3.75. The van der Waals surface area contributed by atoms with Gasteiger partial charge < -0.3 is 14.3 Å². The lowest BCUT2D eigenvalue weighted by Gasteiger charge is -2.19. The molecule has 0 saturated carbocycles. The van der Waals surface area contributed by atoms with E-state index in [0.29, 0.717) is 29.5 Å². The Bertz CT molecular complexity index is 1270. The van der Waals surface area contributed by atoms with E-state index < -0.39 is 11.6 Å². The average molecular weight is 402 g/mol. The molecule has 142 valence electrons. The number of hydrogen-bond acceptors (Lipinski definition) is 4. The third-order valence-electron chi connectivity index (χ3n) is 5.04. The predicted octanol–water partition coefficient (Wildman–Crippen LogP) is 4.87. The van der Waals surface area contributed by atoms with E-state index in [4.69, 9.17) is 16.0 Å². The minimum absolute atomic E-state index is 0.0362. The van der Waals surface area contributed by atoms with Crippen LogP contribution in [0.15, 0.2) is 39.5 Å². The van der Waals surface area contributed by atoms with Gasteiger partial charge in [-0.05, 0) is 48.7 Å². The van der Waals surface area contributed by atoms with Crippen LogP contribution in [-0.2, 0) is 0 Å². The molecule has 8 heteroatoms. The zero-order valence-corrected chi connectivity index (χ0v) is 15.3. The van der Waals surface area contributed by atoms with E-state index in [1.54, 1.807) is 17.0 Å². The summed E-state index contributed by atoms with van der Waals surface area (Å²) in [7, 11) is 0. The first kappa shape index (κ1) is 17.2. The highest BCUT2D eigenvalue weighted by atomic mass is 35.5. The van der Waals surface area contributed by atoms with Gasteiger partial charge in [0, 0.05) is 24.7 Å². The quantitative estimate of drug-likeness (QED) is 0.520. The van der Waals surface area contributed by atoms with E-state index in [0.717, 1.165) is 12.8 Å². The topological polar surface area (TPSA) is 62.1 Å². The van der Waals surface area contributed by atoms with Gasteiger partial charge in [-0.3, -0.25) is 4.79 Å². The molecular formula is C20H14ClF2N3O2. The first-order valence-corrected chi connectivity index (χ1v) is 9.25. The van der Waals surface area contributed by atoms with Gasteiger partial charge in [0.2, 0.25) is 5.28 Å². The Kier molecular flexibility index (Phi) is 3.87. The van der Waals surface area contributed by atoms with Crippen LogP contribution in [0.1, 0.15) is 12.8 Å². The van der Waals surface area contributed by atoms with Gasteiger partial charge in [-0.25, -0.2) is 13.8 Å². The SMILES string of the molecule is O=c1cc(-c2cc(F)c(N3CCCC3)c(F)c2)oc2c1ccc1[nH]c(Cl)nc12. The van der Waals surface area contributed by atoms with Crippen LogP contribution >= 0.6 is 11.6 Å². The molecule has 2 aromatic carbocycles. The number of aromatic amines is 1. The third kappa shape index (κ3) is 2.65. The zero-order valence-electron chi connectivity index (χ0n) is 14.6. The summed E-state index contributed by atoms with van der Waals surface area (Å²) in [4.78, 5) is 21.2. The number of aromatic nitrogens is 2. The lowest BCUT2D eigenvalue weighted by Crippen LogP contribution is -2.20. The van der Waals surface area contributed by atoms with Gasteiger partial charge in [-0.15, -0.1) is 0 Å². The molecule has 0 unspecified atom stereocenters. The van der Waals surface area contributed by atoms with Crippen LogP contribution in [0.3, 0.4) is 0 Å². The minimum Gasteiger partial charge on any atom is -0.453 e. The number of rotatable bonds is 2. The molecule has 0 atom stereocenters. The van der Waals surface area contributed by atoms with Crippen molar-refractivity contribution in [2.24, 2.45) is 0 Å². The summed E-state index contributed by atoms with van der Waals surface area (Å²) in [6.07, 6.45) is 1.81. The number of halogens is 3. The first-order chi connectivity index (χ1) is 13.5. The molecule has 0 aliphatic carbocycles. The molecule has 1 aliphatic rings. The Morgan fingerprint density at radius 2 is 1.82 bits per heavy atom. The zero-order chi connectivity index (χ0) is 19.4. The molecule has 3 heterocycles. The number of fused-ring (bicyclic) bond motifs is 3. The molecule has 28 heavy (non-hydrogen) atoms. The normalized spacial score (nSPS) is 14.5. The van der Waals surface area contributed by atoms with E-state index in [1.807, 2.05) is 0 Å². The Morgan fingerprint density at radius 1 is 1.11 bits per heavy atom. The molecule has 0 bridgehead atoms. The molecular weight excluding hydrogens is 388 g/mol. The van der Waals surface area contributed by atoms with Crippen molar-refractivity contribution < 1.29 is 13.2 Å². The van der Waals surface area contributed by atoms with E-state index in [9.17, 15) is 13.6 Å². The van der Waals surface area contributed by atoms with Crippen molar-refractivity contribution in [1.29, 1.82) is 0 Å². The van der Waals surface area contributed by atoms with Crippen LogP contribution < -0.4 is 10.3 Å². The molecule has 1 aliphatic heterocycles. The first-order valence-electron chi connectivity index (χ1n) is 8.88. The Labute approximate surface area is 162 Å². The summed E-state index contributed by atoms with van der Waals surface area (Å²) < 4.78 is 35.2. The number of hydrogen-bond donors (Lipinski definition) is 1. The van der Waals surface area contributed by atoms with Crippen molar-refractivity contribution in [3.63, 3.8) is 0 Å². The van der Waals surface area contributed by atoms with Crippen molar-refractivity contribution in [3.8, 4) is 11.3 Å². The van der Waals surface area contributed by atoms with E-state index in [1.165, 1.54) is 18.2 Å².